The summed E-state index contributed by atoms with van der Waals surface area (Å²) in [5, 5.41) is 3.00. The standard InChI is InChI=1S/C20H28N4O3/c21-11-18(24(17-7-8-17)12-14-1-2-14)20(26)22-15-3-5-16(6-4-15)23-9-10-27-13-19(23)25/h3-6,14,17-18H,1-2,7-13,21H2,(H,22,26)/t18-/m1/s1. The van der Waals surface area contributed by atoms with E-state index in [2.05, 4.69) is 10.2 Å². The van der Waals surface area contributed by atoms with Crippen molar-refractivity contribution in [2.75, 3.05) is 43.1 Å². The molecule has 1 heterocycles. The predicted molar refractivity (Wildman–Crippen MR) is 104 cm³/mol. The number of carbonyl (C=O) groups excluding carboxylic acids is 2. The average molecular weight is 372 g/mol. The molecule has 0 spiro atoms. The molecule has 0 unspecified atom stereocenters. The first-order valence-corrected chi connectivity index (χ1v) is 9.90. The number of nitrogens with zero attached hydrogens (tertiary/aromatic N) is 2. The average Bonchev–Trinajstić information content (AvgIpc) is 3.56. The minimum atomic E-state index is -0.279. The minimum Gasteiger partial charge on any atom is -0.370 e. The number of carbonyl (C=O) groups is 2. The molecule has 1 saturated heterocycles. The van der Waals surface area contributed by atoms with Crippen LogP contribution < -0.4 is 16.0 Å². The summed E-state index contributed by atoms with van der Waals surface area (Å²) in [6, 6.07) is 7.63. The molecule has 3 N–H and O–H groups in total. The summed E-state index contributed by atoms with van der Waals surface area (Å²) in [6.45, 7) is 2.53. The Labute approximate surface area is 159 Å². The van der Waals surface area contributed by atoms with Gasteiger partial charge in [-0.05, 0) is 55.9 Å². The Morgan fingerprint density at radius 2 is 2.00 bits per heavy atom. The predicted octanol–water partition coefficient (Wildman–Crippen LogP) is 1.19. The third kappa shape index (κ3) is 4.48. The van der Waals surface area contributed by atoms with E-state index in [1.165, 1.54) is 25.7 Å². The number of hydrogen-bond acceptors (Lipinski definition) is 5. The van der Waals surface area contributed by atoms with Crippen LogP contribution >= 0.6 is 0 Å². The van der Waals surface area contributed by atoms with E-state index in [0.29, 0.717) is 25.7 Å². The van der Waals surface area contributed by atoms with E-state index in [0.717, 1.165) is 23.8 Å². The zero-order valence-corrected chi connectivity index (χ0v) is 15.6. The fourth-order valence-electron chi connectivity index (χ4n) is 3.67. The highest BCUT2D eigenvalue weighted by atomic mass is 16.5. The van der Waals surface area contributed by atoms with Crippen molar-refractivity contribution in [1.82, 2.24) is 4.90 Å². The topological polar surface area (TPSA) is 87.9 Å². The Balaban J connectivity index is 1.39. The van der Waals surface area contributed by atoms with Crippen LogP contribution in [0.5, 0.6) is 0 Å². The van der Waals surface area contributed by atoms with Crippen molar-refractivity contribution in [1.29, 1.82) is 0 Å². The van der Waals surface area contributed by atoms with Gasteiger partial charge in [0, 0.05) is 37.1 Å². The molecule has 2 saturated carbocycles. The number of hydrogen-bond donors (Lipinski definition) is 2. The number of ether oxygens (including phenoxy) is 1. The molecule has 2 amide bonds. The maximum absolute atomic E-state index is 12.8. The number of benzene rings is 1. The normalized spacial score (nSPS) is 21.4. The molecule has 1 aliphatic heterocycles. The third-order valence-corrected chi connectivity index (χ3v) is 5.54. The Hall–Kier alpha value is -1.96. The summed E-state index contributed by atoms with van der Waals surface area (Å²) >= 11 is 0. The second-order valence-corrected chi connectivity index (χ2v) is 7.76. The summed E-state index contributed by atoms with van der Waals surface area (Å²) in [6.07, 6.45) is 4.87. The zero-order chi connectivity index (χ0) is 18.8. The van der Waals surface area contributed by atoms with E-state index in [-0.39, 0.29) is 24.5 Å². The number of rotatable bonds is 8. The van der Waals surface area contributed by atoms with Gasteiger partial charge >= 0.3 is 0 Å². The number of anilines is 2. The van der Waals surface area contributed by atoms with Gasteiger partial charge in [-0.25, -0.2) is 0 Å². The lowest BCUT2D eigenvalue weighted by molar-refractivity contribution is -0.125. The van der Waals surface area contributed by atoms with Crippen molar-refractivity contribution in [3.8, 4) is 0 Å². The van der Waals surface area contributed by atoms with Crippen LogP contribution in [-0.2, 0) is 14.3 Å². The first-order chi connectivity index (χ1) is 13.2. The molecule has 146 valence electrons. The molecule has 3 aliphatic rings. The van der Waals surface area contributed by atoms with Crippen molar-refractivity contribution in [3.63, 3.8) is 0 Å². The second kappa shape index (κ2) is 7.96. The Morgan fingerprint density at radius 1 is 1.26 bits per heavy atom. The van der Waals surface area contributed by atoms with Crippen molar-refractivity contribution in [2.45, 2.75) is 37.8 Å². The maximum atomic E-state index is 12.8. The fraction of sp³-hybridized carbons (Fsp3) is 0.600. The molecule has 0 radical (unpaired) electrons. The first-order valence-electron chi connectivity index (χ1n) is 9.90. The van der Waals surface area contributed by atoms with Gasteiger partial charge in [0.05, 0.1) is 6.61 Å². The Morgan fingerprint density at radius 3 is 2.59 bits per heavy atom. The van der Waals surface area contributed by atoms with Crippen LogP contribution in [-0.4, -0.2) is 61.6 Å². The molecule has 1 aromatic carbocycles. The molecule has 4 rings (SSSR count). The number of nitrogens with two attached hydrogens (primary N) is 1. The van der Waals surface area contributed by atoms with E-state index in [1.807, 2.05) is 24.3 Å². The van der Waals surface area contributed by atoms with Crippen molar-refractivity contribution in [3.05, 3.63) is 24.3 Å². The number of morpholine rings is 1. The largest absolute Gasteiger partial charge is 0.370 e. The van der Waals surface area contributed by atoms with Crippen molar-refractivity contribution in [2.24, 2.45) is 11.7 Å². The number of amides is 2. The molecule has 1 aromatic rings. The van der Waals surface area contributed by atoms with Gasteiger partial charge in [0.2, 0.25) is 5.91 Å². The SMILES string of the molecule is NC[C@H](C(=O)Nc1ccc(N2CCOCC2=O)cc1)N(CC1CC1)C1CC1. The maximum Gasteiger partial charge on any atom is 0.253 e. The first kappa shape index (κ1) is 18.4. The van der Waals surface area contributed by atoms with Gasteiger partial charge in [-0.3, -0.25) is 14.5 Å². The lowest BCUT2D eigenvalue weighted by Gasteiger charge is -2.30. The Bertz CT molecular complexity index is 685. The van der Waals surface area contributed by atoms with Crippen LogP contribution in [0.3, 0.4) is 0 Å². The van der Waals surface area contributed by atoms with Crippen molar-refractivity contribution < 1.29 is 14.3 Å². The van der Waals surface area contributed by atoms with Crippen LogP contribution in [0.25, 0.3) is 0 Å². The number of nitrogens with one attached hydrogen (secondary N) is 1. The lowest BCUT2D eigenvalue weighted by atomic mass is 10.2. The van der Waals surface area contributed by atoms with Gasteiger partial charge in [0.15, 0.2) is 0 Å². The quantitative estimate of drug-likeness (QED) is 0.716. The molecule has 0 bridgehead atoms. The van der Waals surface area contributed by atoms with E-state index in [9.17, 15) is 9.59 Å². The molecule has 27 heavy (non-hydrogen) atoms. The highest BCUT2D eigenvalue weighted by Crippen LogP contribution is 2.36. The van der Waals surface area contributed by atoms with E-state index in [4.69, 9.17) is 10.5 Å². The lowest BCUT2D eigenvalue weighted by Crippen LogP contribution is -2.50. The van der Waals surface area contributed by atoms with Crippen LogP contribution in [0.1, 0.15) is 25.7 Å². The van der Waals surface area contributed by atoms with Gasteiger partial charge in [0.25, 0.3) is 5.91 Å². The second-order valence-electron chi connectivity index (χ2n) is 7.76. The minimum absolute atomic E-state index is 0.0404. The van der Waals surface area contributed by atoms with Gasteiger partial charge in [-0.2, -0.15) is 0 Å². The Kier molecular flexibility index (Phi) is 5.43. The van der Waals surface area contributed by atoms with Crippen molar-refractivity contribution >= 4 is 23.2 Å². The smallest absolute Gasteiger partial charge is 0.253 e. The molecule has 1 atom stereocenters. The molecule has 0 aromatic heterocycles. The summed E-state index contributed by atoms with van der Waals surface area (Å²) in [5.41, 5.74) is 7.52. The summed E-state index contributed by atoms with van der Waals surface area (Å²) < 4.78 is 5.16. The molecule has 2 aliphatic carbocycles. The van der Waals surface area contributed by atoms with Gasteiger partial charge in [-0.15, -0.1) is 0 Å². The summed E-state index contributed by atoms with van der Waals surface area (Å²) in [7, 11) is 0. The van der Waals surface area contributed by atoms with Gasteiger partial charge in [0.1, 0.15) is 12.6 Å². The van der Waals surface area contributed by atoms with Crippen LogP contribution in [0.15, 0.2) is 24.3 Å². The van der Waals surface area contributed by atoms with Gasteiger partial charge < -0.3 is 20.7 Å². The summed E-state index contributed by atoms with van der Waals surface area (Å²) in [5.74, 6) is 0.652. The monoisotopic (exact) mass is 372 g/mol. The van der Waals surface area contributed by atoms with Crippen LogP contribution in [0, 0.1) is 5.92 Å². The molecular weight excluding hydrogens is 344 g/mol. The molecule has 7 heteroatoms. The highest BCUT2D eigenvalue weighted by Gasteiger charge is 2.39. The third-order valence-electron chi connectivity index (χ3n) is 5.54. The highest BCUT2D eigenvalue weighted by molar-refractivity contribution is 5.97. The fourth-order valence-corrected chi connectivity index (χ4v) is 3.67. The molecule has 3 fully saturated rings. The summed E-state index contributed by atoms with van der Waals surface area (Å²) in [4.78, 5) is 28.8. The van der Waals surface area contributed by atoms with E-state index in [1.54, 1.807) is 4.90 Å². The van der Waals surface area contributed by atoms with E-state index >= 15 is 0 Å². The molecular formula is C20H28N4O3. The van der Waals surface area contributed by atoms with Crippen LogP contribution in [0.4, 0.5) is 11.4 Å². The van der Waals surface area contributed by atoms with E-state index < -0.39 is 0 Å². The zero-order valence-electron chi connectivity index (χ0n) is 15.6. The van der Waals surface area contributed by atoms with Crippen LogP contribution in [0.2, 0.25) is 0 Å². The van der Waals surface area contributed by atoms with Gasteiger partial charge in [-0.1, -0.05) is 0 Å². The molecule has 7 nitrogen and oxygen atoms in total.